The fourth-order valence-corrected chi connectivity index (χ4v) is 0.406. The SMILES string of the molecule is CCC/C=C/C=CN. The average molecular weight is 111 g/mol. The first-order chi connectivity index (χ1) is 3.91. The summed E-state index contributed by atoms with van der Waals surface area (Å²) in [6.07, 6.45) is 9.77. The Balaban J connectivity index is 3.07. The van der Waals surface area contributed by atoms with Crippen molar-refractivity contribution < 1.29 is 0 Å². The molecule has 0 rings (SSSR count). The van der Waals surface area contributed by atoms with Crippen LogP contribution in [0.15, 0.2) is 24.4 Å². The number of rotatable bonds is 3. The molecule has 0 aromatic heterocycles. The van der Waals surface area contributed by atoms with E-state index in [1.165, 1.54) is 12.6 Å². The summed E-state index contributed by atoms with van der Waals surface area (Å²) in [5.74, 6) is 0. The van der Waals surface area contributed by atoms with Gasteiger partial charge >= 0.3 is 0 Å². The molecular formula is C7H13N. The first-order valence-corrected chi connectivity index (χ1v) is 2.95. The molecule has 46 valence electrons. The van der Waals surface area contributed by atoms with E-state index in [0.717, 1.165) is 6.42 Å². The van der Waals surface area contributed by atoms with Crippen molar-refractivity contribution in [3.05, 3.63) is 24.4 Å². The smallest absolute Gasteiger partial charge is 0.00625 e. The number of nitrogens with two attached hydrogens (primary N) is 1. The molecule has 1 nitrogen and oxygen atoms in total. The predicted octanol–water partition coefficient (Wildman–Crippen LogP) is 1.82. The molecule has 0 spiro atoms. The Kier molecular flexibility index (Phi) is 5.71. The summed E-state index contributed by atoms with van der Waals surface area (Å²) >= 11 is 0. The summed E-state index contributed by atoms with van der Waals surface area (Å²) in [4.78, 5) is 0. The van der Waals surface area contributed by atoms with E-state index < -0.39 is 0 Å². The minimum absolute atomic E-state index is 1.14. The van der Waals surface area contributed by atoms with Gasteiger partial charge in [-0.3, -0.25) is 0 Å². The van der Waals surface area contributed by atoms with E-state index in [2.05, 4.69) is 13.0 Å². The van der Waals surface area contributed by atoms with Crippen molar-refractivity contribution in [2.75, 3.05) is 0 Å². The second-order valence-electron chi connectivity index (χ2n) is 1.60. The molecule has 0 unspecified atom stereocenters. The average Bonchev–Trinajstić information content (AvgIpc) is 1.81. The second-order valence-corrected chi connectivity index (χ2v) is 1.60. The minimum Gasteiger partial charge on any atom is -0.405 e. The highest BCUT2D eigenvalue weighted by Crippen LogP contribution is 1.87. The summed E-state index contributed by atoms with van der Waals surface area (Å²) in [5, 5.41) is 0. The molecule has 0 aromatic rings. The van der Waals surface area contributed by atoms with Crippen molar-refractivity contribution in [1.82, 2.24) is 0 Å². The van der Waals surface area contributed by atoms with E-state index in [1.807, 2.05) is 12.2 Å². The Morgan fingerprint density at radius 1 is 1.38 bits per heavy atom. The predicted molar refractivity (Wildman–Crippen MR) is 37.4 cm³/mol. The quantitative estimate of drug-likeness (QED) is 0.552. The van der Waals surface area contributed by atoms with E-state index in [-0.39, 0.29) is 0 Å². The third-order valence-electron chi connectivity index (χ3n) is 0.814. The molecule has 0 saturated heterocycles. The van der Waals surface area contributed by atoms with Crippen molar-refractivity contribution in [2.24, 2.45) is 5.73 Å². The molecule has 0 radical (unpaired) electrons. The van der Waals surface area contributed by atoms with Gasteiger partial charge in [0.15, 0.2) is 0 Å². The number of unbranched alkanes of at least 4 members (excludes halogenated alkanes) is 1. The van der Waals surface area contributed by atoms with Gasteiger partial charge in [-0.05, 0) is 18.7 Å². The van der Waals surface area contributed by atoms with E-state index in [4.69, 9.17) is 5.73 Å². The highest BCUT2D eigenvalue weighted by atomic mass is 14.5. The van der Waals surface area contributed by atoms with E-state index >= 15 is 0 Å². The van der Waals surface area contributed by atoms with Crippen LogP contribution in [-0.2, 0) is 0 Å². The van der Waals surface area contributed by atoms with Gasteiger partial charge in [0.1, 0.15) is 0 Å². The summed E-state index contributed by atoms with van der Waals surface area (Å²) in [6.45, 7) is 2.15. The van der Waals surface area contributed by atoms with E-state index in [9.17, 15) is 0 Å². The van der Waals surface area contributed by atoms with Crippen molar-refractivity contribution in [1.29, 1.82) is 0 Å². The lowest BCUT2D eigenvalue weighted by Crippen LogP contribution is -1.72. The normalized spacial score (nSPS) is 11.6. The lowest BCUT2D eigenvalue weighted by molar-refractivity contribution is 0.959. The number of allylic oxidation sites excluding steroid dienone is 3. The van der Waals surface area contributed by atoms with Crippen LogP contribution in [0.3, 0.4) is 0 Å². The van der Waals surface area contributed by atoms with Crippen LogP contribution < -0.4 is 5.73 Å². The summed E-state index contributed by atoms with van der Waals surface area (Å²) in [5.41, 5.74) is 5.08. The highest BCUT2D eigenvalue weighted by molar-refractivity contribution is 5.00. The first kappa shape index (κ1) is 7.28. The van der Waals surface area contributed by atoms with Gasteiger partial charge < -0.3 is 5.73 Å². The maximum Gasteiger partial charge on any atom is -0.00625 e. The molecular weight excluding hydrogens is 98.1 g/mol. The summed E-state index contributed by atoms with van der Waals surface area (Å²) in [7, 11) is 0. The molecule has 0 saturated carbocycles. The maximum absolute atomic E-state index is 5.08. The monoisotopic (exact) mass is 111 g/mol. The molecule has 0 amide bonds. The van der Waals surface area contributed by atoms with Crippen LogP contribution in [0, 0.1) is 0 Å². The van der Waals surface area contributed by atoms with Crippen LogP contribution >= 0.6 is 0 Å². The van der Waals surface area contributed by atoms with Crippen LogP contribution in [0.5, 0.6) is 0 Å². The Hall–Kier alpha value is -0.720. The molecule has 0 bridgehead atoms. The van der Waals surface area contributed by atoms with Gasteiger partial charge in [-0.15, -0.1) is 0 Å². The van der Waals surface area contributed by atoms with Crippen LogP contribution in [-0.4, -0.2) is 0 Å². The van der Waals surface area contributed by atoms with Crippen molar-refractivity contribution >= 4 is 0 Å². The number of hydrogen-bond donors (Lipinski definition) is 1. The van der Waals surface area contributed by atoms with Crippen molar-refractivity contribution in [2.45, 2.75) is 19.8 Å². The Morgan fingerprint density at radius 2 is 2.12 bits per heavy atom. The molecule has 0 aliphatic carbocycles. The van der Waals surface area contributed by atoms with Crippen LogP contribution in [0.25, 0.3) is 0 Å². The van der Waals surface area contributed by atoms with Crippen molar-refractivity contribution in [3.63, 3.8) is 0 Å². The van der Waals surface area contributed by atoms with Gasteiger partial charge in [0, 0.05) is 0 Å². The van der Waals surface area contributed by atoms with Crippen LogP contribution in [0.1, 0.15) is 19.8 Å². The molecule has 0 heterocycles. The van der Waals surface area contributed by atoms with Gasteiger partial charge in [-0.1, -0.05) is 25.5 Å². The summed E-state index contributed by atoms with van der Waals surface area (Å²) < 4.78 is 0. The third kappa shape index (κ3) is 5.28. The summed E-state index contributed by atoms with van der Waals surface area (Å²) in [6, 6.07) is 0. The van der Waals surface area contributed by atoms with Gasteiger partial charge in [0.2, 0.25) is 0 Å². The fraction of sp³-hybridized carbons (Fsp3) is 0.429. The molecule has 1 heteroatoms. The highest BCUT2D eigenvalue weighted by Gasteiger charge is 1.67. The molecule has 0 atom stereocenters. The maximum atomic E-state index is 5.08. The minimum atomic E-state index is 1.14. The van der Waals surface area contributed by atoms with Crippen molar-refractivity contribution in [3.8, 4) is 0 Å². The van der Waals surface area contributed by atoms with Gasteiger partial charge in [0.25, 0.3) is 0 Å². The Morgan fingerprint density at radius 3 is 2.62 bits per heavy atom. The zero-order chi connectivity index (χ0) is 6.24. The lowest BCUT2D eigenvalue weighted by Gasteiger charge is -1.78. The van der Waals surface area contributed by atoms with Crippen LogP contribution in [0.2, 0.25) is 0 Å². The molecule has 0 aliphatic heterocycles. The standard InChI is InChI=1S/C7H13N/c1-2-3-4-5-6-7-8/h4-7H,2-3,8H2,1H3/b5-4+,7-6?. The Bertz CT molecular complexity index is 82.4. The molecule has 0 aromatic carbocycles. The molecule has 2 N–H and O–H groups in total. The largest absolute Gasteiger partial charge is 0.405 e. The molecule has 0 aliphatic rings. The zero-order valence-electron chi connectivity index (χ0n) is 5.30. The topological polar surface area (TPSA) is 26.0 Å². The second kappa shape index (κ2) is 6.28. The van der Waals surface area contributed by atoms with E-state index in [1.54, 1.807) is 0 Å². The molecule has 0 fully saturated rings. The van der Waals surface area contributed by atoms with E-state index in [0.29, 0.717) is 0 Å². The van der Waals surface area contributed by atoms with Gasteiger partial charge in [-0.25, -0.2) is 0 Å². The zero-order valence-corrected chi connectivity index (χ0v) is 5.30. The first-order valence-electron chi connectivity index (χ1n) is 2.95. The number of hydrogen-bond acceptors (Lipinski definition) is 1. The Labute approximate surface area is 50.9 Å². The fourth-order valence-electron chi connectivity index (χ4n) is 0.406. The molecule has 8 heavy (non-hydrogen) atoms. The van der Waals surface area contributed by atoms with Gasteiger partial charge in [-0.2, -0.15) is 0 Å². The third-order valence-corrected chi connectivity index (χ3v) is 0.814. The lowest BCUT2D eigenvalue weighted by atomic mass is 10.3. The van der Waals surface area contributed by atoms with Gasteiger partial charge in [0.05, 0.1) is 0 Å². The van der Waals surface area contributed by atoms with Crippen LogP contribution in [0.4, 0.5) is 0 Å².